The van der Waals surface area contributed by atoms with Crippen molar-refractivity contribution in [2.24, 2.45) is 0 Å². The summed E-state index contributed by atoms with van der Waals surface area (Å²) in [4.78, 5) is 2.16. The fraction of sp³-hybridized carbons (Fsp3) is 0.294. The number of halogens is 2. The van der Waals surface area contributed by atoms with Crippen LogP contribution >= 0.6 is 15.9 Å². The summed E-state index contributed by atoms with van der Waals surface area (Å²) in [6.45, 7) is 1.60. The zero-order valence-electron chi connectivity index (χ0n) is 12.0. The summed E-state index contributed by atoms with van der Waals surface area (Å²) in [5.41, 5.74) is 1.98. The van der Waals surface area contributed by atoms with Gasteiger partial charge in [-0.1, -0.05) is 40.2 Å². The monoisotopic (exact) mass is 351 g/mol. The van der Waals surface area contributed by atoms with E-state index in [4.69, 9.17) is 0 Å². The van der Waals surface area contributed by atoms with Crippen LogP contribution in [0.25, 0.3) is 0 Å². The first-order valence-corrected chi connectivity index (χ1v) is 7.70. The molecule has 0 aliphatic heterocycles. The molecule has 4 heteroatoms. The third-order valence-corrected chi connectivity index (χ3v) is 3.87. The van der Waals surface area contributed by atoms with E-state index in [2.05, 4.69) is 33.0 Å². The van der Waals surface area contributed by atoms with Gasteiger partial charge in [0.2, 0.25) is 0 Å². The minimum atomic E-state index is -0.560. The quantitative estimate of drug-likeness (QED) is 0.845. The number of nitrogens with zero attached hydrogens (tertiary/aromatic N) is 1. The van der Waals surface area contributed by atoms with Crippen molar-refractivity contribution >= 4 is 15.9 Å². The highest BCUT2D eigenvalue weighted by atomic mass is 79.9. The lowest BCUT2D eigenvalue weighted by molar-refractivity contribution is 0.147. The van der Waals surface area contributed by atoms with Gasteiger partial charge in [0.1, 0.15) is 5.82 Å². The smallest absolute Gasteiger partial charge is 0.123 e. The second-order valence-corrected chi connectivity index (χ2v) is 6.14. The minimum absolute atomic E-state index is 0.280. The Bertz CT molecular complexity index is 573. The molecule has 1 N–H and O–H groups in total. The van der Waals surface area contributed by atoms with Crippen LogP contribution < -0.4 is 0 Å². The van der Waals surface area contributed by atoms with Gasteiger partial charge >= 0.3 is 0 Å². The Morgan fingerprint density at radius 2 is 1.90 bits per heavy atom. The number of benzene rings is 2. The summed E-state index contributed by atoms with van der Waals surface area (Å²) in [7, 11) is 2.03. The molecule has 2 nitrogen and oxygen atoms in total. The topological polar surface area (TPSA) is 23.5 Å². The molecule has 0 fully saturated rings. The Kier molecular flexibility index (Phi) is 5.91. The lowest BCUT2D eigenvalue weighted by atomic mass is 10.1. The first-order chi connectivity index (χ1) is 10.0. The van der Waals surface area contributed by atoms with E-state index in [9.17, 15) is 9.50 Å². The Balaban J connectivity index is 1.83. The zero-order chi connectivity index (χ0) is 15.2. The number of hydrogen-bond acceptors (Lipinski definition) is 2. The molecule has 0 saturated carbocycles. The molecule has 0 radical (unpaired) electrons. The van der Waals surface area contributed by atoms with Crippen molar-refractivity contribution in [2.75, 3.05) is 13.6 Å². The van der Waals surface area contributed by atoms with E-state index in [1.54, 1.807) is 12.1 Å². The van der Waals surface area contributed by atoms with Crippen molar-refractivity contribution in [1.29, 1.82) is 0 Å². The van der Waals surface area contributed by atoms with Gasteiger partial charge in [-0.2, -0.15) is 0 Å². The summed E-state index contributed by atoms with van der Waals surface area (Å²) in [6.07, 6.45) is 0.0615. The lowest BCUT2D eigenvalue weighted by Gasteiger charge is -2.19. The third kappa shape index (κ3) is 5.23. The molecule has 0 aliphatic carbocycles. The van der Waals surface area contributed by atoms with Crippen molar-refractivity contribution in [3.63, 3.8) is 0 Å². The second-order valence-electron chi connectivity index (χ2n) is 5.22. The molecule has 21 heavy (non-hydrogen) atoms. The standard InChI is InChI=1S/C17H19BrFNO/c1-20(12-13-3-2-4-15(18)11-13)10-9-17(21)14-5-7-16(19)8-6-14/h2-8,11,17,21H,9-10,12H2,1H3. The predicted octanol–water partition coefficient (Wildman–Crippen LogP) is 4.14. The minimum Gasteiger partial charge on any atom is -0.388 e. The highest BCUT2D eigenvalue weighted by Gasteiger charge is 2.09. The molecule has 0 amide bonds. The Hall–Kier alpha value is -1.23. The third-order valence-electron chi connectivity index (χ3n) is 3.38. The van der Waals surface area contributed by atoms with Crippen LogP contribution in [0.5, 0.6) is 0 Å². The van der Waals surface area contributed by atoms with Gasteiger partial charge in [0.05, 0.1) is 6.10 Å². The first-order valence-electron chi connectivity index (χ1n) is 6.91. The predicted molar refractivity (Wildman–Crippen MR) is 86.5 cm³/mol. The molecular weight excluding hydrogens is 333 g/mol. The molecule has 0 aromatic heterocycles. The van der Waals surface area contributed by atoms with Crippen LogP contribution in [-0.2, 0) is 6.54 Å². The van der Waals surface area contributed by atoms with E-state index < -0.39 is 6.10 Å². The van der Waals surface area contributed by atoms with E-state index in [1.807, 2.05) is 19.2 Å². The SMILES string of the molecule is CN(CCC(O)c1ccc(F)cc1)Cc1cccc(Br)c1. The van der Waals surface area contributed by atoms with Crippen LogP contribution in [-0.4, -0.2) is 23.6 Å². The van der Waals surface area contributed by atoms with Crippen molar-refractivity contribution in [1.82, 2.24) is 4.90 Å². The Labute approximate surface area is 133 Å². The molecule has 2 aromatic carbocycles. The number of rotatable bonds is 6. The molecule has 2 aromatic rings. The van der Waals surface area contributed by atoms with Crippen LogP contribution in [0, 0.1) is 5.82 Å². The van der Waals surface area contributed by atoms with Crippen LogP contribution in [0.2, 0.25) is 0 Å². The molecule has 0 spiro atoms. The Morgan fingerprint density at radius 3 is 2.57 bits per heavy atom. The maximum Gasteiger partial charge on any atom is 0.123 e. The van der Waals surface area contributed by atoms with Gasteiger partial charge in [-0.25, -0.2) is 4.39 Å². The lowest BCUT2D eigenvalue weighted by Crippen LogP contribution is -2.21. The summed E-state index contributed by atoms with van der Waals surface area (Å²) in [5.74, 6) is -0.280. The molecule has 112 valence electrons. The van der Waals surface area contributed by atoms with Gasteiger partial charge in [0.15, 0.2) is 0 Å². The van der Waals surface area contributed by atoms with E-state index in [1.165, 1.54) is 17.7 Å². The summed E-state index contributed by atoms with van der Waals surface area (Å²) in [5, 5.41) is 10.1. The molecule has 0 bridgehead atoms. The molecular formula is C17H19BrFNO. The van der Waals surface area contributed by atoms with Gasteiger partial charge < -0.3 is 10.0 Å². The van der Waals surface area contributed by atoms with Gasteiger partial charge in [-0.05, 0) is 48.9 Å². The normalized spacial score (nSPS) is 12.6. The highest BCUT2D eigenvalue weighted by molar-refractivity contribution is 9.10. The van der Waals surface area contributed by atoms with Crippen molar-refractivity contribution in [3.05, 3.63) is 69.9 Å². The van der Waals surface area contributed by atoms with Gasteiger partial charge in [0.25, 0.3) is 0 Å². The maximum absolute atomic E-state index is 12.8. The van der Waals surface area contributed by atoms with Crippen molar-refractivity contribution < 1.29 is 9.50 Å². The molecule has 0 aliphatic rings. The fourth-order valence-corrected chi connectivity index (χ4v) is 2.67. The molecule has 1 unspecified atom stereocenters. The van der Waals surface area contributed by atoms with Crippen molar-refractivity contribution in [2.45, 2.75) is 19.1 Å². The zero-order valence-corrected chi connectivity index (χ0v) is 13.6. The number of hydrogen-bond donors (Lipinski definition) is 1. The number of aliphatic hydroxyl groups is 1. The van der Waals surface area contributed by atoms with Crippen LogP contribution in [0.1, 0.15) is 23.7 Å². The number of aliphatic hydroxyl groups excluding tert-OH is 1. The maximum atomic E-state index is 12.8. The van der Waals surface area contributed by atoms with Gasteiger partial charge in [-0.3, -0.25) is 0 Å². The van der Waals surface area contributed by atoms with E-state index in [0.29, 0.717) is 6.42 Å². The fourth-order valence-electron chi connectivity index (χ4n) is 2.22. The van der Waals surface area contributed by atoms with Crippen LogP contribution in [0.3, 0.4) is 0 Å². The largest absolute Gasteiger partial charge is 0.388 e. The van der Waals surface area contributed by atoms with Crippen LogP contribution in [0.15, 0.2) is 53.0 Å². The van der Waals surface area contributed by atoms with E-state index >= 15 is 0 Å². The summed E-state index contributed by atoms with van der Waals surface area (Å²) < 4.78 is 13.9. The van der Waals surface area contributed by atoms with E-state index in [-0.39, 0.29) is 5.82 Å². The average molecular weight is 352 g/mol. The molecule has 0 saturated heterocycles. The van der Waals surface area contributed by atoms with E-state index in [0.717, 1.165) is 23.1 Å². The summed E-state index contributed by atoms with van der Waals surface area (Å²) in [6, 6.07) is 14.2. The van der Waals surface area contributed by atoms with Gasteiger partial charge in [0, 0.05) is 17.6 Å². The van der Waals surface area contributed by atoms with Crippen LogP contribution in [0.4, 0.5) is 4.39 Å². The molecule has 2 rings (SSSR count). The average Bonchev–Trinajstić information content (AvgIpc) is 2.45. The Morgan fingerprint density at radius 1 is 1.19 bits per heavy atom. The second kappa shape index (κ2) is 7.69. The van der Waals surface area contributed by atoms with Crippen molar-refractivity contribution in [3.8, 4) is 0 Å². The highest BCUT2D eigenvalue weighted by Crippen LogP contribution is 2.18. The van der Waals surface area contributed by atoms with Gasteiger partial charge in [-0.15, -0.1) is 0 Å². The molecule has 1 atom stereocenters. The summed E-state index contributed by atoms with van der Waals surface area (Å²) >= 11 is 3.46. The molecule has 0 heterocycles. The first kappa shape index (κ1) is 16.1.